The van der Waals surface area contributed by atoms with Crippen molar-refractivity contribution in [1.82, 2.24) is 4.90 Å². The zero-order chi connectivity index (χ0) is 25.9. The highest BCUT2D eigenvalue weighted by Crippen LogP contribution is 2.34. The van der Waals surface area contributed by atoms with Gasteiger partial charge < -0.3 is 20.6 Å². The van der Waals surface area contributed by atoms with Crippen molar-refractivity contribution in [2.75, 3.05) is 23.7 Å². The van der Waals surface area contributed by atoms with Crippen LogP contribution in [0, 0.1) is 0 Å². The number of carbonyl (C=O) groups excluding carboxylic acids is 2. The van der Waals surface area contributed by atoms with E-state index in [4.69, 9.17) is 0 Å². The normalized spacial score (nSPS) is 15.3. The zero-order valence-electron chi connectivity index (χ0n) is 19.0. The van der Waals surface area contributed by atoms with Crippen LogP contribution in [-0.2, 0) is 11.8 Å². The first-order chi connectivity index (χ1) is 17.0. The van der Waals surface area contributed by atoms with Crippen molar-refractivity contribution < 1.29 is 27.9 Å². The van der Waals surface area contributed by atoms with Crippen molar-refractivity contribution in [3.8, 4) is 0 Å². The van der Waals surface area contributed by atoms with Gasteiger partial charge in [0.25, 0.3) is 5.91 Å². The molecule has 0 spiro atoms. The first kappa shape index (κ1) is 25.7. The minimum Gasteiger partial charge on any atom is -0.385 e. The van der Waals surface area contributed by atoms with Crippen LogP contribution in [0.25, 0.3) is 0 Å². The van der Waals surface area contributed by atoms with Crippen LogP contribution in [0.3, 0.4) is 0 Å². The largest absolute Gasteiger partial charge is 0.416 e. The molecule has 0 unspecified atom stereocenters. The molecule has 3 aromatic carbocycles. The molecule has 3 aromatic rings. The van der Waals surface area contributed by atoms with Gasteiger partial charge >= 0.3 is 12.2 Å². The van der Waals surface area contributed by atoms with Crippen LogP contribution in [0.4, 0.5) is 29.3 Å². The first-order valence-electron chi connectivity index (χ1n) is 11.2. The topological polar surface area (TPSA) is 81.7 Å². The molecule has 0 saturated carbocycles. The number of piperidine rings is 1. The van der Waals surface area contributed by atoms with Gasteiger partial charge in [-0.2, -0.15) is 13.2 Å². The summed E-state index contributed by atoms with van der Waals surface area (Å²) in [4.78, 5) is 26.8. The Morgan fingerprint density at radius 3 is 2.06 bits per heavy atom. The van der Waals surface area contributed by atoms with Gasteiger partial charge in [-0.25, -0.2) is 4.79 Å². The van der Waals surface area contributed by atoms with E-state index in [1.165, 1.54) is 0 Å². The molecule has 1 heterocycles. The van der Waals surface area contributed by atoms with E-state index in [-0.39, 0.29) is 11.6 Å². The standard InChI is InChI=1S/C26H23BrF3N3O3/c27-20-10-8-18(9-11-20)25(36)12-14-33(15-13-25)24(35)32-22-3-1-2-21(16-22)31-23(34)17-4-6-19(7-5-17)26(28,29)30/h1-11,16,36H,12-15H2,(H,31,34)(H,32,35). The minimum absolute atomic E-state index is 0.0732. The van der Waals surface area contributed by atoms with E-state index in [9.17, 15) is 27.9 Å². The van der Waals surface area contributed by atoms with E-state index in [0.717, 1.165) is 34.3 Å². The maximum Gasteiger partial charge on any atom is 0.416 e. The fourth-order valence-corrected chi connectivity index (χ4v) is 4.28. The fourth-order valence-electron chi connectivity index (χ4n) is 4.02. The summed E-state index contributed by atoms with van der Waals surface area (Å²) in [5, 5.41) is 16.4. The first-order valence-corrected chi connectivity index (χ1v) is 12.0. The van der Waals surface area contributed by atoms with Gasteiger partial charge in [0.15, 0.2) is 0 Å². The maximum absolute atomic E-state index is 12.8. The lowest BCUT2D eigenvalue weighted by Gasteiger charge is -2.38. The fraction of sp³-hybridized carbons (Fsp3) is 0.231. The number of nitrogens with zero attached hydrogens (tertiary/aromatic N) is 1. The van der Waals surface area contributed by atoms with Gasteiger partial charge in [-0.05, 0) is 73.0 Å². The lowest BCUT2D eigenvalue weighted by molar-refractivity contribution is -0.137. The second-order valence-corrected chi connectivity index (χ2v) is 9.48. The highest BCUT2D eigenvalue weighted by Gasteiger charge is 2.35. The highest BCUT2D eigenvalue weighted by molar-refractivity contribution is 9.10. The molecular formula is C26H23BrF3N3O3. The summed E-state index contributed by atoms with van der Waals surface area (Å²) in [6, 6.07) is 17.5. The number of aliphatic hydroxyl groups is 1. The molecule has 0 aromatic heterocycles. The van der Waals surface area contributed by atoms with Crippen LogP contribution >= 0.6 is 15.9 Å². The Balaban J connectivity index is 1.34. The number of benzene rings is 3. The summed E-state index contributed by atoms with van der Waals surface area (Å²) < 4.78 is 39.1. The third-order valence-corrected chi connectivity index (χ3v) is 6.63. The second-order valence-electron chi connectivity index (χ2n) is 8.57. The zero-order valence-corrected chi connectivity index (χ0v) is 20.6. The molecule has 3 N–H and O–H groups in total. The predicted molar refractivity (Wildman–Crippen MR) is 134 cm³/mol. The number of anilines is 2. The molecule has 1 saturated heterocycles. The van der Waals surface area contributed by atoms with Gasteiger partial charge in [0.05, 0.1) is 11.2 Å². The Labute approximate surface area is 214 Å². The van der Waals surface area contributed by atoms with Gasteiger partial charge in [-0.15, -0.1) is 0 Å². The Hall–Kier alpha value is -3.37. The van der Waals surface area contributed by atoms with E-state index >= 15 is 0 Å². The SMILES string of the molecule is O=C(Nc1cccc(NC(=O)N2CCC(O)(c3ccc(Br)cc3)CC2)c1)c1ccc(C(F)(F)F)cc1. The Morgan fingerprint density at radius 1 is 0.889 bits per heavy atom. The molecule has 1 aliphatic heterocycles. The molecule has 36 heavy (non-hydrogen) atoms. The lowest BCUT2D eigenvalue weighted by atomic mass is 9.84. The van der Waals surface area contributed by atoms with Crippen molar-refractivity contribution in [2.45, 2.75) is 24.6 Å². The van der Waals surface area contributed by atoms with Crippen LogP contribution in [0.5, 0.6) is 0 Å². The number of nitrogens with one attached hydrogen (secondary N) is 2. The second kappa shape index (κ2) is 10.3. The minimum atomic E-state index is -4.48. The molecule has 0 atom stereocenters. The van der Waals surface area contributed by atoms with Crippen LogP contribution in [0.1, 0.15) is 34.3 Å². The van der Waals surface area contributed by atoms with Gasteiger partial charge in [-0.3, -0.25) is 4.79 Å². The quantitative estimate of drug-likeness (QED) is 0.353. The van der Waals surface area contributed by atoms with Gasteiger partial charge in [0, 0.05) is 34.5 Å². The van der Waals surface area contributed by atoms with Gasteiger partial charge in [0.1, 0.15) is 0 Å². The number of urea groups is 1. The molecule has 6 nitrogen and oxygen atoms in total. The Bertz CT molecular complexity index is 1240. The van der Waals surface area contributed by atoms with Crippen LogP contribution in [0.2, 0.25) is 0 Å². The number of hydrogen-bond donors (Lipinski definition) is 3. The Morgan fingerprint density at radius 2 is 1.47 bits per heavy atom. The smallest absolute Gasteiger partial charge is 0.385 e. The summed E-state index contributed by atoms with van der Waals surface area (Å²) in [6.45, 7) is 0.728. The van der Waals surface area contributed by atoms with Gasteiger partial charge in [-0.1, -0.05) is 34.1 Å². The number of hydrogen-bond acceptors (Lipinski definition) is 3. The summed E-state index contributed by atoms with van der Waals surface area (Å²) in [7, 11) is 0. The van der Waals surface area contributed by atoms with E-state index < -0.39 is 23.2 Å². The average Bonchev–Trinajstić information content (AvgIpc) is 2.84. The van der Waals surface area contributed by atoms with Crippen molar-refractivity contribution in [3.63, 3.8) is 0 Å². The summed E-state index contributed by atoms with van der Waals surface area (Å²) in [6.07, 6.45) is -3.69. The van der Waals surface area contributed by atoms with E-state index in [1.54, 1.807) is 29.2 Å². The third-order valence-electron chi connectivity index (χ3n) is 6.11. The van der Waals surface area contributed by atoms with E-state index in [2.05, 4.69) is 26.6 Å². The average molecular weight is 562 g/mol. The summed E-state index contributed by atoms with van der Waals surface area (Å²) >= 11 is 3.38. The maximum atomic E-state index is 12.8. The molecule has 0 bridgehead atoms. The Kier molecular flexibility index (Phi) is 7.37. The number of halogens is 4. The van der Waals surface area contributed by atoms with Crippen LogP contribution in [0.15, 0.2) is 77.3 Å². The lowest BCUT2D eigenvalue weighted by Crippen LogP contribution is -2.46. The summed E-state index contributed by atoms with van der Waals surface area (Å²) in [5.74, 6) is -0.574. The predicted octanol–water partition coefficient (Wildman–Crippen LogP) is 6.24. The molecule has 0 radical (unpaired) electrons. The van der Waals surface area contributed by atoms with Crippen molar-refractivity contribution in [1.29, 1.82) is 0 Å². The van der Waals surface area contributed by atoms with E-state index in [1.807, 2.05) is 24.3 Å². The molecule has 4 rings (SSSR count). The van der Waals surface area contributed by atoms with Crippen molar-refractivity contribution >= 4 is 39.2 Å². The van der Waals surface area contributed by atoms with Crippen molar-refractivity contribution in [2.24, 2.45) is 0 Å². The monoisotopic (exact) mass is 561 g/mol. The molecule has 1 fully saturated rings. The van der Waals surface area contributed by atoms with Gasteiger partial charge in [0.2, 0.25) is 0 Å². The molecule has 3 amide bonds. The number of rotatable bonds is 4. The van der Waals surface area contributed by atoms with Crippen molar-refractivity contribution in [3.05, 3.63) is 94.0 Å². The third kappa shape index (κ3) is 6.06. The van der Waals surface area contributed by atoms with E-state index in [0.29, 0.717) is 37.3 Å². The molecule has 0 aliphatic carbocycles. The van der Waals surface area contributed by atoms with Crippen LogP contribution in [-0.4, -0.2) is 35.0 Å². The summed E-state index contributed by atoms with van der Waals surface area (Å²) in [5.41, 5.74) is -0.136. The number of amides is 3. The van der Waals surface area contributed by atoms with Crippen LogP contribution < -0.4 is 10.6 Å². The molecule has 188 valence electrons. The molecule has 10 heteroatoms. The molecule has 1 aliphatic rings. The molecular weight excluding hydrogens is 539 g/mol. The number of likely N-dealkylation sites (tertiary alicyclic amines) is 1. The highest BCUT2D eigenvalue weighted by atomic mass is 79.9. The number of alkyl halides is 3. The number of carbonyl (C=O) groups is 2.